The summed E-state index contributed by atoms with van der Waals surface area (Å²) in [5, 5.41) is 4.12. The fraction of sp³-hybridized carbons (Fsp3) is 0.417. The monoisotopic (exact) mass is 275 g/mol. The number of ether oxygens (including phenoxy) is 1. The first-order valence-corrected chi connectivity index (χ1v) is 6.22. The van der Waals surface area contributed by atoms with E-state index in [0.29, 0.717) is 28.8 Å². The topological polar surface area (TPSA) is 38.3 Å². The molecule has 0 fully saturated rings. The molecule has 3 nitrogen and oxygen atoms in total. The number of nitrogens with one attached hydrogen (secondary N) is 1. The largest absolute Gasteiger partial charge is 0.464 e. The summed E-state index contributed by atoms with van der Waals surface area (Å²) < 4.78 is 4.96. The van der Waals surface area contributed by atoms with E-state index in [0.717, 1.165) is 0 Å². The van der Waals surface area contributed by atoms with Crippen LogP contribution in [0.1, 0.15) is 20.3 Å². The summed E-state index contributed by atoms with van der Waals surface area (Å²) in [4.78, 5) is 11.6. The Morgan fingerprint density at radius 3 is 2.71 bits per heavy atom. The van der Waals surface area contributed by atoms with Gasteiger partial charge in [0.1, 0.15) is 6.04 Å². The summed E-state index contributed by atoms with van der Waals surface area (Å²) in [5.74, 6) is -0.286. The van der Waals surface area contributed by atoms with Crippen LogP contribution in [0.4, 0.5) is 5.69 Å². The van der Waals surface area contributed by atoms with Gasteiger partial charge in [-0.25, -0.2) is 4.79 Å². The fourth-order valence-electron chi connectivity index (χ4n) is 1.37. The average Bonchev–Trinajstić information content (AvgIpc) is 2.30. The van der Waals surface area contributed by atoms with Crippen LogP contribution in [0.15, 0.2) is 18.2 Å². The molecule has 94 valence electrons. The lowest BCUT2D eigenvalue weighted by atomic mass is 10.2. The highest BCUT2D eigenvalue weighted by molar-refractivity contribution is 6.35. The Balaban J connectivity index is 2.80. The Morgan fingerprint density at radius 2 is 2.12 bits per heavy atom. The third kappa shape index (κ3) is 4.10. The Labute approximate surface area is 111 Å². The smallest absolute Gasteiger partial charge is 0.328 e. The lowest BCUT2D eigenvalue weighted by Crippen LogP contribution is -2.30. The molecule has 0 aliphatic carbocycles. The maximum absolute atomic E-state index is 11.6. The molecule has 1 rings (SSSR count). The van der Waals surface area contributed by atoms with Gasteiger partial charge in [-0.3, -0.25) is 0 Å². The van der Waals surface area contributed by atoms with Crippen LogP contribution in [0.5, 0.6) is 0 Å². The third-order valence-corrected chi connectivity index (χ3v) is 2.80. The number of hydrogen-bond acceptors (Lipinski definition) is 3. The SMILES string of the molecule is CCOC(=O)C(CC)Nc1cc(Cl)ccc1Cl. The number of esters is 1. The summed E-state index contributed by atoms with van der Waals surface area (Å²) in [6.07, 6.45) is 0.613. The molecule has 1 aromatic rings. The predicted octanol–water partition coefficient (Wildman–Crippen LogP) is 3.75. The number of benzene rings is 1. The van der Waals surface area contributed by atoms with E-state index >= 15 is 0 Å². The molecule has 0 aromatic heterocycles. The lowest BCUT2D eigenvalue weighted by molar-refractivity contribution is -0.144. The zero-order valence-electron chi connectivity index (χ0n) is 9.80. The van der Waals surface area contributed by atoms with Gasteiger partial charge in [-0.1, -0.05) is 30.1 Å². The maximum atomic E-state index is 11.6. The van der Waals surface area contributed by atoms with Crippen LogP contribution in [0, 0.1) is 0 Å². The number of halogens is 2. The standard InChI is InChI=1S/C12H15Cl2NO2/c1-3-10(12(16)17-4-2)15-11-7-8(13)5-6-9(11)14/h5-7,10,15H,3-4H2,1-2H3. The van der Waals surface area contributed by atoms with E-state index in [4.69, 9.17) is 27.9 Å². The predicted molar refractivity (Wildman–Crippen MR) is 70.8 cm³/mol. The zero-order chi connectivity index (χ0) is 12.8. The van der Waals surface area contributed by atoms with E-state index in [2.05, 4.69) is 5.32 Å². The van der Waals surface area contributed by atoms with Crippen molar-refractivity contribution in [1.29, 1.82) is 0 Å². The van der Waals surface area contributed by atoms with Crippen molar-refractivity contribution >= 4 is 34.9 Å². The van der Waals surface area contributed by atoms with Gasteiger partial charge in [0.05, 0.1) is 17.3 Å². The van der Waals surface area contributed by atoms with E-state index in [-0.39, 0.29) is 5.97 Å². The minimum Gasteiger partial charge on any atom is -0.464 e. The van der Waals surface area contributed by atoms with Gasteiger partial charge >= 0.3 is 5.97 Å². The van der Waals surface area contributed by atoms with Crippen LogP contribution >= 0.6 is 23.2 Å². The number of carbonyl (C=O) groups is 1. The average molecular weight is 276 g/mol. The number of carbonyl (C=O) groups excluding carboxylic acids is 1. The van der Waals surface area contributed by atoms with Gasteiger partial charge in [-0.15, -0.1) is 0 Å². The van der Waals surface area contributed by atoms with Crippen molar-refractivity contribution in [2.75, 3.05) is 11.9 Å². The first-order chi connectivity index (χ1) is 8.08. The second kappa shape index (κ2) is 6.72. The van der Waals surface area contributed by atoms with Crippen LogP contribution < -0.4 is 5.32 Å². The molecule has 1 aromatic carbocycles. The first kappa shape index (κ1) is 14.1. The molecule has 1 unspecified atom stereocenters. The van der Waals surface area contributed by atoms with Crippen molar-refractivity contribution < 1.29 is 9.53 Å². The number of anilines is 1. The molecule has 1 atom stereocenters. The van der Waals surface area contributed by atoms with Crippen molar-refractivity contribution in [1.82, 2.24) is 0 Å². The zero-order valence-corrected chi connectivity index (χ0v) is 11.3. The molecule has 1 N–H and O–H groups in total. The van der Waals surface area contributed by atoms with Gasteiger partial charge in [0.25, 0.3) is 0 Å². The van der Waals surface area contributed by atoms with E-state index in [1.165, 1.54) is 0 Å². The molecule has 0 aliphatic heterocycles. The summed E-state index contributed by atoms with van der Waals surface area (Å²) in [6.45, 7) is 4.03. The van der Waals surface area contributed by atoms with Crippen LogP contribution in [0.25, 0.3) is 0 Å². The molecule has 0 amide bonds. The van der Waals surface area contributed by atoms with Crippen molar-refractivity contribution in [3.63, 3.8) is 0 Å². The minimum atomic E-state index is -0.411. The second-order valence-electron chi connectivity index (χ2n) is 3.48. The lowest BCUT2D eigenvalue weighted by Gasteiger charge is -2.17. The van der Waals surface area contributed by atoms with Gasteiger partial charge < -0.3 is 10.1 Å². The number of hydrogen-bond donors (Lipinski definition) is 1. The van der Waals surface area contributed by atoms with E-state index in [1.54, 1.807) is 25.1 Å². The van der Waals surface area contributed by atoms with Gasteiger partial charge in [0, 0.05) is 5.02 Å². The van der Waals surface area contributed by atoms with E-state index in [1.807, 2.05) is 6.92 Å². The van der Waals surface area contributed by atoms with Crippen molar-refractivity contribution in [3.05, 3.63) is 28.2 Å². The van der Waals surface area contributed by atoms with Gasteiger partial charge in [-0.05, 0) is 31.5 Å². The first-order valence-electron chi connectivity index (χ1n) is 5.46. The molecule has 0 heterocycles. The van der Waals surface area contributed by atoms with Gasteiger partial charge in [-0.2, -0.15) is 0 Å². The fourth-order valence-corrected chi connectivity index (χ4v) is 1.71. The summed E-state index contributed by atoms with van der Waals surface area (Å²) in [6, 6.07) is 4.65. The summed E-state index contributed by atoms with van der Waals surface area (Å²) in [5.41, 5.74) is 0.638. The quantitative estimate of drug-likeness (QED) is 0.832. The Kier molecular flexibility index (Phi) is 5.59. The maximum Gasteiger partial charge on any atom is 0.328 e. The second-order valence-corrected chi connectivity index (χ2v) is 4.33. The molecule has 0 bridgehead atoms. The van der Waals surface area contributed by atoms with Crippen LogP contribution in [0.2, 0.25) is 10.0 Å². The summed E-state index contributed by atoms with van der Waals surface area (Å²) in [7, 11) is 0. The van der Waals surface area contributed by atoms with E-state index in [9.17, 15) is 4.79 Å². The minimum absolute atomic E-state index is 0.286. The van der Waals surface area contributed by atoms with Crippen LogP contribution in [-0.4, -0.2) is 18.6 Å². The van der Waals surface area contributed by atoms with Crippen molar-refractivity contribution in [2.45, 2.75) is 26.3 Å². The molecule has 17 heavy (non-hydrogen) atoms. The molecular formula is C12H15Cl2NO2. The molecule has 5 heteroatoms. The van der Waals surface area contributed by atoms with Gasteiger partial charge in [0.15, 0.2) is 0 Å². The molecule has 0 saturated carbocycles. The Hall–Kier alpha value is -0.930. The normalized spacial score (nSPS) is 12.0. The molecule has 0 aliphatic rings. The highest BCUT2D eigenvalue weighted by atomic mass is 35.5. The number of rotatable bonds is 5. The summed E-state index contributed by atoms with van der Waals surface area (Å²) >= 11 is 11.9. The van der Waals surface area contributed by atoms with Crippen molar-refractivity contribution in [3.8, 4) is 0 Å². The molecule has 0 saturated heterocycles. The molecule has 0 spiro atoms. The van der Waals surface area contributed by atoms with Crippen molar-refractivity contribution in [2.24, 2.45) is 0 Å². The highest BCUT2D eigenvalue weighted by Crippen LogP contribution is 2.26. The third-order valence-electron chi connectivity index (χ3n) is 2.24. The molecular weight excluding hydrogens is 261 g/mol. The van der Waals surface area contributed by atoms with Gasteiger partial charge in [0.2, 0.25) is 0 Å². The highest BCUT2D eigenvalue weighted by Gasteiger charge is 2.18. The Bertz CT molecular complexity index is 396. The molecule has 0 radical (unpaired) electrons. The Morgan fingerprint density at radius 1 is 1.41 bits per heavy atom. The van der Waals surface area contributed by atoms with Crippen LogP contribution in [-0.2, 0) is 9.53 Å². The van der Waals surface area contributed by atoms with E-state index < -0.39 is 6.04 Å². The van der Waals surface area contributed by atoms with Crippen LogP contribution in [0.3, 0.4) is 0 Å².